The maximum atomic E-state index is 12.7. The lowest BCUT2D eigenvalue weighted by Crippen LogP contribution is -2.49. The summed E-state index contributed by atoms with van der Waals surface area (Å²) < 4.78 is 43.5. The van der Waals surface area contributed by atoms with Gasteiger partial charge in [-0.15, -0.1) is 0 Å². The average molecular weight is 300 g/mol. The molecule has 1 aromatic rings. The summed E-state index contributed by atoms with van der Waals surface area (Å²) in [4.78, 5) is 1.79. The van der Waals surface area contributed by atoms with Crippen molar-refractivity contribution in [3.8, 4) is 6.07 Å². The Morgan fingerprint density at radius 3 is 2.76 bits per heavy atom. The first kappa shape index (κ1) is 15.6. The Balaban J connectivity index is 2.37. The first-order chi connectivity index (χ1) is 9.86. The fourth-order valence-electron chi connectivity index (χ4n) is 2.32. The summed E-state index contributed by atoms with van der Waals surface area (Å²) in [7, 11) is 0. The molecule has 2 atom stereocenters. The molecule has 1 heterocycles. The zero-order valence-corrected chi connectivity index (χ0v) is 11.4. The Labute approximate surface area is 120 Å². The van der Waals surface area contributed by atoms with Crippen LogP contribution in [0, 0.1) is 11.3 Å². The van der Waals surface area contributed by atoms with Crippen LogP contribution in [0.25, 0.3) is 0 Å². The van der Waals surface area contributed by atoms with E-state index in [4.69, 9.17) is 15.1 Å². The highest BCUT2D eigenvalue weighted by molar-refractivity contribution is 5.61. The number of rotatable bonds is 2. The SMILES string of the molecule is CC1COC(CO)CN1c1ccc(C(F)(F)F)cc1C#N. The maximum absolute atomic E-state index is 12.7. The lowest BCUT2D eigenvalue weighted by Gasteiger charge is -2.39. The van der Waals surface area contributed by atoms with Gasteiger partial charge in [0.1, 0.15) is 6.07 Å². The molecule has 0 amide bonds. The van der Waals surface area contributed by atoms with Crippen LogP contribution in [0.15, 0.2) is 18.2 Å². The fourth-order valence-corrected chi connectivity index (χ4v) is 2.32. The number of nitrogens with zero attached hydrogens (tertiary/aromatic N) is 2. The lowest BCUT2D eigenvalue weighted by atomic mass is 10.1. The van der Waals surface area contributed by atoms with Gasteiger partial charge in [0.05, 0.1) is 36.1 Å². The quantitative estimate of drug-likeness (QED) is 0.909. The minimum absolute atomic E-state index is 0.0322. The fraction of sp³-hybridized carbons (Fsp3) is 0.500. The Hall–Kier alpha value is -1.78. The average Bonchev–Trinajstić information content (AvgIpc) is 2.46. The van der Waals surface area contributed by atoms with Crippen molar-refractivity contribution in [2.75, 3.05) is 24.7 Å². The van der Waals surface area contributed by atoms with Gasteiger partial charge in [0, 0.05) is 12.6 Å². The molecule has 21 heavy (non-hydrogen) atoms. The molecule has 1 saturated heterocycles. The monoisotopic (exact) mass is 300 g/mol. The molecule has 1 aliphatic heterocycles. The molecule has 1 aliphatic rings. The molecule has 0 bridgehead atoms. The molecule has 0 radical (unpaired) electrons. The zero-order valence-electron chi connectivity index (χ0n) is 11.4. The first-order valence-corrected chi connectivity index (χ1v) is 6.47. The van der Waals surface area contributed by atoms with Gasteiger partial charge in [-0.3, -0.25) is 0 Å². The molecule has 1 fully saturated rings. The summed E-state index contributed by atoms with van der Waals surface area (Å²) in [6, 6.07) is 4.85. The third-order valence-corrected chi connectivity index (χ3v) is 3.46. The van der Waals surface area contributed by atoms with Crippen molar-refractivity contribution in [2.45, 2.75) is 25.2 Å². The number of ether oxygens (including phenoxy) is 1. The number of anilines is 1. The molecule has 4 nitrogen and oxygen atoms in total. The lowest BCUT2D eigenvalue weighted by molar-refractivity contribution is -0.137. The highest BCUT2D eigenvalue weighted by Crippen LogP contribution is 2.33. The van der Waals surface area contributed by atoms with Crippen molar-refractivity contribution in [2.24, 2.45) is 0 Å². The van der Waals surface area contributed by atoms with Crippen LogP contribution in [-0.4, -0.2) is 37.0 Å². The number of hydrogen-bond acceptors (Lipinski definition) is 4. The van der Waals surface area contributed by atoms with Gasteiger partial charge in [-0.25, -0.2) is 0 Å². The second kappa shape index (κ2) is 5.92. The Kier molecular flexibility index (Phi) is 4.40. The van der Waals surface area contributed by atoms with E-state index in [1.807, 2.05) is 13.0 Å². The highest BCUT2D eigenvalue weighted by atomic mass is 19.4. The zero-order chi connectivity index (χ0) is 15.6. The van der Waals surface area contributed by atoms with E-state index in [9.17, 15) is 13.2 Å². The molecule has 114 valence electrons. The largest absolute Gasteiger partial charge is 0.416 e. The molecule has 7 heteroatoms. The number of aliphatic hydroxyl groups excluding tert-OH is 1. The second-order valence-electron chi connectivity index (χ2n) is 4.98. The van der Waals surface area contributed by atoms with Crippen molar-refractivity contribution >= 4 is 5.69 Å². The number of nitriles is 1. The molecule has 0 saturated carbocycles. The topological polar surface area (TPSA) is 56.5 Å². The molecule has 0 spiro atoms. The molecule has 1 aromatic carbocycles. The Bertz CT molecular complexity index is 554. The number of benzene rings is 1. The number of hydrogen-bond donors (Lipinski definition) is 1. The van der Waals surface area contributed by atoms with Crippen molar-refractivity contribution in [3.63, 3.8) is 0 Å². The summed E-state index contributed by atoms with van der Waals surface area (Å²) in [6.07, 6.45) is -4.89. The summed E-state index contributed by atoms with van der Waals surface area (Å²) in [5.74, 6) is 0. The summed E-state index contributed by atoms with van der Waals surface area (Å²) in [5.41, 5.74) is -0.447. The maximum Gasteiger partial charge on any atom is 0.416 e. The van der Waals surface area contributed by atoms with Crippen LogP contribution >= 0.6 is 0 Å². The standard InChI is InChI=1S/C14H15F3N2O2/c1-9-8-21-12(7-20)6-19(9)13-3-2-11(14(15,16)17)4-10(13)5-18/h2-4,9,12,20H,6-8H2,1H3. The van der Waals surface area contributed by atoms with E-state index in [0.29, 0.717) is 18.8 Å². The van der Waals surface area contributed by atoms with Crippen molar-refractivity contribution in [1.29, 1.82) is 5.26 Å². The van der Waals surface area contributed by atoms with Crippen LogP contribution in [0.1, 0.15) is 18.1 Å². The van der Waals surface area contributed by atoms with Crippen molar-refractivity contribution < 1.29 is 23.0 Å². The molecular formula is C14H15F3N2O2. The van der Waals surface area contributed by atoms with Crippen LogP contribution in [0.4, 0.5) is 18.9 Å². The van der Waals surface area contributed by atoms with Gasteiger partial charge in [0.25, 0.3) is 0 Å². The van der Waals surface area contributed by atoms with Gasteiger partial charge >= 0.3 is 6.18 Å². The van der Waals surface area contributed by atoms with Gasteiger partial charge < -0.3 is 14.7 Å². The number of halogens is 3. The molecule has 0 aliphatic carbocycles. The number of aliphatic hydroxyl groups is 1. The van der Waals surface area contributed by atoms with E-state index in [0.717, 1.165) is 12.1 Å². The molecule has 2 rings (SSSR count). The van der Waals surface area contributed by atoms with E-state index in [-0.39, 0.29) is 18.2 Å². The molecule has 0 aromatic heterocycles. The summed E-state index contributed by atoms with van der Waals surface area (Å²) in [5, 5.41) is 18.3. The Morgan fingerprint density at radius 1 is 1.48 bits per heavy atom. The minimum atomic E-state index is -4.48. The van der Waals surface area contributed by atoms with Gasteiger partial charge in [-0.05, 0) is 25.1 Å². The van der Waals surface area contributed by atoms with Crippen LogP contribution in [-0.2, 0) is 10.9 Å². The summed E-state index contributed by atoms with van der Waals surface area (Å²) >= 11 is 0. The smallest absolute Gasteiger partial charge is 0.394 e. The highest BCUT2D eigenvalue weighted by Gasteiger charge is 2.33. The van der Waals surface area contributed by atoms with Gasteiger partial charge in [-0.1, -0.05) is 0 Å². The van der Waals surface area contributed by atoms with Gasteiger partial charge in [0.2, 0.25) is 0 Å². The van der Waals surface area contributed by atoms with E-state index in [1.54, 1.807) is 4.90 Å². The summed E-state index contributed by atoms with van der Waals surface area (Å²) in [6.45, 7) is 2.35. The predicted octanol–water partition coefficient (Wildman–Crippen LogP) is 2.16. The molecule has 2 unspecified atom stereocenters. The van der Waals surface area contributed by atoms with Crippen molar-refractivity contribution in [3.05, 3.63) is 29.3 Å². The van der Waals surface area contributed by atoms with Gasteiger partial charge in [0.15, 0.2) is 0 Å². The van der Waals surface area contributed by atoms with Crippen LogP contribution in [0.3, 0.4) is 0 Å². The van der Waals surface area contributed by atoms with E-state index in [2.05, 4.69) is 0 Å². The van der Waals surface area contributed by atoms with E-state index >= 15 is 0 Å². The first-order valence-electron chi connectivity index (χ1n) is 6.47. The van der Waals surface area contributed by atoms with Gasteiger partial charge in [-0.2, -0.15) is 18.4 Å². The second-order valence-corrected chi connectivity index (χ2v) is 4.98. The third kappa shape index (κ3) is 3.28. The van der Waals surface area contributed by atoms with E-state index < -0.39 is 17.8 Å². The van der Waals surface area contributed by atoms with Crippen LogP contribution in [0.2, 0.25) is 0 Å². The predicted molar refractivity (Wildman–Crippen MR) is 69.8 cm³/mol. The Morgan fingerprint density at radius 2 is 2.19 bits per heavy atom. The normalized spacial score (nSPS) is 23.0. The minimum Gasteiger partial charge on any atom is -0.394 e. The van der Waals surface area contributed by atoms with Crippen molar-refractivity contribution in [1.82, 2.24) is 0 Å². The van der Waals surface area contributed by atoms with E-state index in [1.165, 1.54) is 6.07 Å². The third-order valence-electron chi connectivity index (χ3n) is 3.46. The van der Waals surface area contributed by atoms with Crippen LogP contribution < -0.4 is 4.90 Å². The molecule has 1 N–H and O–H groups in total. The number of morpholine rings is 1. The number of alkyl halides is 3. The van der Waals surface area contributed by atoms with Crippen LogP contribution in [0.5, 0.6) is 0 Å². The molecular weight excluding hydrogens is 285 g/mol.